The van der Waals surface area contributed by atoms with Gasteiger partial charge in [0.25, 0.3) is 5.91 Å². The molecule has 1 aromatic carbocycles. The number of carbonyl (C=O) groups is 3. The van der Waals surface area contributed by atoms with E-state index < -0.39 is 11.9 Å². The van der Waals surface area contributed by atoms with Gasteiger partial charge in [-0.3, -0.25) is 9.59 Å². The highest BCUT2D eigenvalue weighted by Crippen LogP contribution is 2.22. The number of hydrogen-bond acceptors (Lipinski definition) is 3. The van der Waals surface area contributed by atoms with E-state index in [1.165, 1.54) is 6.42 Å². The lowest BCUT2D eigenvalue weighted by atomic mass is 9.91. The second kappa shape index (κ2) is 9.08. The van der Waals surface area contributed by atoms with Crippen molar-refractivity contribution < 1.29 is 19.5 Å². The van der Waals surface area contributed by atoms with Gasteiger partial charge >= 0.3 is 12.0 Å². The Labute approximate surface area is 165 Å². The fraction of sp³-hybridized carbons (Fsp3) is 0.571. The van der Waals surface area contributed by atoms with Gasteiger partial charge in [-0.2, -0.15) is 0 Å². The molecule has 1 aromatic rings. The molecule has 0 aliphatic carbocycles. The van der Waals surface area contributed by atoms with Gasteiger partial charge in [0.05, 0.1) is 5.92 Å². The predicted octanol–water partition coefficient (Wildman–Crippen LogP) is 2.56. The monoisotopic (exact) mass is 387 g/mol. The molecule has 0 bridgehead atoms. The first-order valence-electron chi connectivity index (χ1n) is 10.1. The van der Waals surface area contributed by atoms with Gasteiger partial charge in [-0.05, 0) is 49.3 Å². The number of likely N-dealkylation sites (tertiary alicyclic amines) is 2. The van der Waals surface area contributed by atoms with Crippen LogP contribution in [-0.4, -0.2) is 59.0 Å². The molecule has 152 valence electrons. The van der Waals surface area contributed by atoms with E-state index in [0.29, 0.717) is 25.1 Å². The van der Waals surface area contributed by atoms with Gasteiger partial charge < -0.3 is 20.2 Å². The van der Waals surface area contributed by atoms with Gasteiger partial charge in [0, 0.05) is 38.3 Å². The zero-order chi connectivity index (χ0) is 20.1. The lowest BCUT2D eigenvalue weighted by Crippen LogP contribution is -2.49. The first-order chi connectivity index (χ1) is 13.4. The second-order valence-electron chi connectivity index (χ2n) is 7.99. The molecule has 0 spiro atoms. The minimum atomic E-state index is -0.849. The summed E-state index contributed by atoms with van der Waals surface area (Å²) in [5, 5.41) is 12.1. The molecule has 2 N–H and O–H groups in total. The van der Waals surface area contributed by atoms with Crippen LogP contribution in [0.4, 0.5) is 4.79 Å². The fourth-order valence-corrected chi connectivity index (χ4v) is 4.03. The third-order valence-electron chi connectivity index (χ3n) is 5.58. The molecular formula is C21H29N3O4. The summed E-state index contributed by atoms with van der Waals surface area (Å²) in [6.07, 6.45) is 3.92. The van der Waals surface area contributed by atoms with Crippen LogP contribution in [0, 0.1) is 11.8 Å². The van der Waals surface area contributed by atoms with Crippen LogP contribution in [0.3, 0.4) is 0 Å². The number of carbonyl (C=O) groups excluding carboxylic acids is 2. The van der Waals surface area contributed by atoms with Crippen molar-refractivity contribution in [1.29, 1.82) is 0 Å². The Balaban J connectivity index is 1.52. The lowest BCUT2D eigenvalue weighted by molar-refractivity contribution is -0.143. The van der Waals surface area contributed by atoms with Crippen LogP contribution in [0.1, 0.15) is 48.5 Å². The normalized spacial score (nSPS) is 22.6. The van der Waals surface area contributed by atoms with E-state index in [1.54, 1.807) is 4.90 Å². The van der Waals surface area contributed by atoms with Crippen LogP contribution in [0.2, 0.25) is 0 Å². The van der Waals surface area contributed by atoms with Crippen LogP contribution in [-0.2, 0) is 11.3 Å². The minimum Gasteiger partial charge on any atom is -0.481 e. The third-order valence-corrected chi connectivity index (χ3v) is 5.58. The molecule has 2 saturated heterocycles. The van der Waals surface area contributed by atoms with Gasteiger partial charge in [0.2, 0.25) is 0 Å². The van der Waals surface area contributed by atoms with E-state index in [1.807, 2.05) is 36.1 Å². The topological polar surface area (TPSA) is 90.0 Å². The second-order valence-corrected chi connectivity index (χ2v) is 7.99. The molecule has 3 rings (SSSR count). The number of amides is 3. The molecule has 2 unspecified atom stereocenters. The highest BCUT2D eigenvalue weighted by Gasteiger charge is 2.31. The number of hydrogen-bond donors (Lipinski definition) is 2. The summed E-state index contributed by atoms with van der Waals surface area (Å²) in [5.74, 6) is -1.12. The van der Waals surface area contributed by atoms with Crippen molar-refractivity contribution >= 4 is 17.9 Å². The summed E-state index contributed by atoms with van der Waals surface area (Å²) < 4.78 is 0. The molecule has 2 atom stereocenters. The van der Waals surface area contributed by atoms with Crippen molar-refractivity contribution in [2.45, 2.75) is 39.2 Å². The van der Waals surface area contributed by atoms with E-state index in [2.05, 4.69) is 5.32 Å². The summed E-state index contributed by atoms with van der Waals surface area (Å²) in [5.41, 5.74) is 1.58. The van der Waals surface area contributed by atoms with Crippen molar-refractivity contribution in [3.8, 4) is 0 Å². The molecule has 0 aromatic heterocycles. The Hall–Kier alpha value is -2.57. The quantitative estimate of drug-likeness (QED) is 0.831. The van der Waals surface area contributed by atoms with Gasteiger partial charge in [-0.15, -0.1) is 0 Å². The molecule has 2 aliphatic heterocycles. The maximum absolute atomic E-state index is 12.5. The Morgan fingerprint density at radius 1 is 1.04 bits per heavy atom. The highest BCUT2D eigenvalue weighted by molar-refractivity contribution is 5.94. The summed E-state index contributed by atoms with van der Waals surface area (Å²) >= 11 is 0. The van der Waals surface area contributed by atoms with Crippen LogP contribution in [0.15, 0.2) is 24.3 Å². The van der Waals surface area contributed by atoms with Crippen molar-refractivity contribution in [3.05, 3.63) is 35.4 Å². The van der Waals surface area contributed by atoms with Crippen LogP contribution in [0.25, 0.3) is 0 Å². The van der Waals surface area contributed by atoms with Crippen molar-refractivity contribution in [1.82, 2.24) is 15.1 Å². The third kappa shape index (κ3) is 5.03. The number of nitrogens with zero attached hydrogens (tertiary/aromatic N) is 2. The van der Waals surface area contributed by atoms with Crippen LogP contribution >= 0.6 is 0 Å². The number of carboxylic acids is 1. The number of aliphatic carboxylic acids is 1. The summed E-state index contributed by atoms with van der Waals surface area (Å²) in [6, 6.07) is 7.09. The average molecular weight is 387 g/mol. The number of urea groups is 1. The Kier molecular flexibility index (Phi) is 6.54. The molecule has 2 aliphatic rings. The number of rotatable bonds is 4. The average Bonchev–Trinajstić information content (AvgIpc) is 2.72. The molecule has 3 amide bonds. The molecule has 2 heterocycles. The predicted molar refractivity (Wildman–Crippen MR) is 105 cm³/mol. The molecule has 7 heteroatoms. The van der Waals surface area contributed by atoms with Crippen molar-refractivity contribution in [2.24, 2.45) is 11.8 Å². The summed E-state index contributed by atoms with van der Waals surface area (Å²) in [7, 11) is 0. The fourth-order valence-electron chi connectivity index (χ4n) is 4.03. The van der Waals surface area contributed by atoms with E-state index >= 15 is 0 Å². The number of carboxylic acid groups (broad SMARTS) is 1. The Morgan fingerprint density at radius 2 is 1.71 bits per heavy atom. The first-order valence-corrected chi connectivity index (χ1v) is 10.1. The molecule has 7 nitrogen and oxygen atoms in total. The highest BCUT2D eigenvalue weighted by atomic mass is 16.4. The Morgan fingerprint density at radius 3 is 2.36 bits per heavy atom. The summed E-state index contributed by atoms with van der Waals surface area (Å²) in [4.78, 5) is 39.7. The lowest BCUT2D eigenvalue weighted by Gasteiger charge is -2.34. The SMILES string of the molecule is CC1CC(C(=O)O)CN(C(=O)NCc2ccc(C(=O)N3CCCCC3)cc2)C1. The van der Waals surface area contributed by atoms with Crippen LogP contribution in [0.5, 0.6) is 0 Å². The van der Waals surface area contributed by atoms with E-state index in [4.69, 9.17) is 0 Å². The Bertz CT molecular complexity index is 713. The first kappa shape index (κ1) is 20.2. The van der Waals surface area contributed by atoms with Gasteiger partial charge in [0.1, 0.15) is 0 Å². The molecule has 2 fully saturated rings. The maximum atomic E-state index is 12.5. The van der Waals surface area contributed by atoms with Crippen molar-refractivity contribution in [3.63, 3.8) is 0 Å². The molecular weight excluding hydrogens is 358 g/mol. The number of benzene rings is 1. The standard InChI is InChI=1S/C21H29N3O4/c1-15-11-18(20(26)27)14-24(13-15)21(28)22-12-16-5-7-17(8-6-16)19(25)23-9-3-2-4-10-23/h5-8,15,18H,2-4,9-14H2,1H3,(H,22,28)(H,26,27). The number of nitrogens with one attached hydrogen (secondary N) is 1. The smallest absolute Gasteiger partial charge is 0.317 e. The zero-order valence-corrected chi connectivity index (χ0v) is 16.4. The van der Waals surface area contributed by atoms with Crippen LogP contribution < -0.4 is 5.32 Å². The number of piperidine rings is 2. The van der Waals surface area contributed by atoms with E-state index in [-0.39, 0.29) is 24.4 Å². The maximum Gasteiger partial charge on any atom is 0.317 e. The summed E-state index contributed by atoms with van der Waals surface area (Å²) in [6.45, 7) is 4.77. The molecule has 0 saturated carbocycles. The molecule has 0 radical (unpaired) electrons. The zero-order valence-electron chi connectivity index (χ0n) is 16.4. The largest absolute Gasteiger partial charge is 0.481 e. The van der Waals surface area contributed by atoms with Gasteiger partial charge in [-0.1, -0.05) is 19.1 Å². The van der Waals surface area contributed by atoms with E-state index in [0.717, 1.165) is 31.5 Å². The van der Waals surface area contributed by atoms with E-state index in [9.17, 15) is 19.5 Å². The van der Waals surface area contributed by atoms with Crippen molar-refractivity contribution in [2.75, 3.05) is 26.2 Å². The van der Waals surface area contributed by atoms with Gasteiger partial charge in [-0.25, -0.2) is 4.79 Å². The molecule has 28 heavy (non-hydrogen) atoms. The minimum absolute atomic E-state index is 0.0669. The van der Waals surface area contributed by atoms with Gasteiger partial charge in [0.15, 0.2) is 0 Å².